The molecule has 0 aliphatic rings. The van der Waals surface area contributed by atoms with Gasteiger partial charge in [-0.1, -0.05) is 24.3 Å². The van der Waals surface area contributed by atoms with Gasteiger partial charge in [0.1, 0.15) is 0 Å². The minimum atomic E-state index is -0.527. The lowest BCUT2D eigenvalue weighted by atomic mass is 10.1. The summed E-state index contributed by atoms with van der Waals surface area (Å²) in [4.78, 5) is 26.1. The molecule has 0 N–H and O–H groups in total. The number of likely N-dealkylation sites (N-methyl/N-ethyl adjacent to an activating group) is 1. The Morgan fingerprint density at radius 1 is 1.04 bits per heavy atom. The molecule has 28 heavy (non-hydrogen) atoms. The molecule has 1 heterocycles. The van der Waals surface area contributed by atoms with Crippen molar-refractivity contribution in [3.8, 4) is 5.69 Å². The van der Waals surface area contributed by atoms with Crippen molar-refractivity contribution in [3.05, 3.63) is 83.2 Å². The molecule has 6 nitrogen and oxygen atoms in total. The fraction of sp³-hybridized carbons (Fsp3) is 0.227. The van der Waals surface area contributed by atoms with E-state index in [1.54, 1.807) is 47.1 Å². The Morgan fingerprint density at radius 2 is 1.75 bits per heavy atom. The van der Waals surface area contributed by atoms with Crippen molar-refractivity contribution >= 4 is 11.9 Å². The lowest BCUT2D eigenvalue weighted by Gasteiger charge is -2.18. The molecular weight excluding hydrogens is 354 g/mol. The lowest BCUT2D eigenvalue weighted by molar-refractivity contribution is -0.133. The van der Waals surface area contributed by atoms with Crippen LogP contribution in [0.15, 0.2) is 60.8 Å². The first kappa shape index (κ1) is 19.4. The van der Waals surface area contributed by atoms with E-state index in [-0.39, 0.29) is 12.5 Å². The Labute approximate surface area is 164 Å². The molecule has 0 aliphatic heterocycles. The minimum absolute atomic E-state index is 0.250. The van der Waals surface area contributed by atoms with Crippen molar-refractivity contribution in [2.45, 2.75) is 20.4 Å². The number of esters is 1. The van der Waals surface area contributed by atoms with Crippen LogP contribution in [-0.4, -0.2) is 40.2 Å². The van der Waals surface area contributed by atoms with E-state index in [0.29, 0.717) is 12.1 Å². The summed E-state index contributed by atoms with van der Waals surface area (Å²) in [6.07, 6.45) is 1.72. The van der Waals surface area contributed by atoms with E-state index < -0.39 is 5.97 Å². The van der Waals surface area contributed by atoms with Crippen LogP contribution < -0.4 is 0 Å². The Hall–Kier alpha value is -3.41. The van der Waals surface area contributed by atoms with Gasteiger partial charge in [-0.3, -0.25) is 4.79 Å². The van der Waals surface area contributed by atoms with Crippen LogP contribution in [0.25, 0.3) is 5.69 Å². The third-order valence-electron chi connectivity index (χ3n) is 4.60. The summed E-state index contributed by atoms with van der Waals surface area (Å²) in [5.74, 6) is -0.776. The van der Waals surface area contributed by atoms with Crippen LogP contribution in [0.4, 0.5) is 0 Å². The third kappa shape index (κ3) is 4.46. The van der Waals surface area contributed by atoms with Crippen molar-refractivity contribution in [2.75, 3.05) is 13.7 Å². The van der Waals surface area contributed by atoms with Gasteiger partial charge in [0.25, 0.3) is 5.91 Å². The zero-order chi connectivity index (χ0) is 20.1. The van der Waals surface area contributed by atoms with Gasteiger partial charge in [0.2, 0.25) is 0 Å². The first-order valence-corrected chi connectivity index (χ1v) is 9.02. The van der Waals surface area contributed by atoms with Crippen molar-refractivity contribution < 1.29 is 14.3 Å². The van der Waals surface area contributed by atoms with E-state index in [0.717, 1.165) is 22.5 Å². The van der Waals surface area contributed by atoms with Crippen molar-refractivity contribution in [2.24, 2.45) is 0 Å². The Bertz CT molecular complexity index is 977. The maximum atomic E-state index is 12.3. The molecule has 1 amide bonds. The highest BCUT2D eigenvalue weighted by Gasteiger charge is 2.14. The lowest BCUT2D eigenvalue weighted by Crippen LogP contribution is -2.31. The molecule has 0 bridgehead atoms. The number of aromatic nitrogens is 2. The summed E-state index contributed by atoms with van der Waals surface area (Å²) >= 11 is 0. The topological polar surface area (TPSA) is 64.4 Å². The zero-order valence-corrected chi connectivity index (χ0v) is 16.3. The van der Waals surface area contributed by atoms with Crippen LogP contribution in [-0.2, 0) is 16.1 Å². The maximum Gasteiger partial charge on any atom is 0.338 e. The molecule has 0 saturated heterocycles. The van der Waals surface area contributed by atoms with Crippen LogP contribution >= 0.6 is 0 Å². The summed E-state index contributed by atoms with van der Waals surface area (Å²) in [6, 6.07) is 16.7. The van der Waals surface area contributed by atoms with Crippen LogP contribution in [0.1, 0.15) is 27.2 Å². The van der Waals surface area contributed by atoms with Gasteiger partial charge in [0, 0.05) is 25.5 Å². The molecule has 2 aromatic carbocycles. The quantitative estimate of drug-likeness (QED) is 0.618. The number of benzene rings is 2. The van der Waals surface area contributed by atoms with Gasteiger partial charge in [-0.05, 0) is 55.3 Å². The summed E-state index contributed by atoms with van der Waals surface area (Å²) in [6.45, 7) is 4.14. The molecule has 0 spiro atoms. The molecule has 0 atom stereocenters. The van der Waals surface area contributed by atoms with Gasteiger partial charge >= 0.3 is 5.97 Å². The molecule has 144 valence electrons. The molecule has 0 fully saturated rings. The van der Waals surface area contributed by atoms with Crippen LogP contribution in [0.2, 0.25) is 0 Å². The number of aryl methyl sites for hydroxylation is 2. The molecule has 1 aromatic heterocycles. The molecule has 0 unspecified atom stereocenters. The summed E-state index contributed by atoms with van der Waals surface area (Å²) in [7, 11) is 1.70. The number of rotatable bonds is 6. The van der Waals surface area contributed by atoms with E-state index in [1.165, 1.54) is 0 Å². The Kier molecular flexibility index (Phi) is 5.89. The SMILES string of the molecule is Cc1ccccc1CN(C)C(=O)COC(=O)c1ccc(-n2nccc2C)cc1. The number of carbonyl (C=O) groups is 2. The van der Waals surface area contributed by atoms with E-state index in [2.05, 4.69) is 5.10 Å². The van der Waals surface area contributed by atoms with E-state index in [1.807, 2.05) is 44.2 Å². The number of ether oxygens (including phenoxy) is 1. The standard InChI is InChI=1S/C22H23N3O3/c1-16-6-4-5-7-19(16)14-24(3)21(26)15-28-22(27)18-8-10-20(11-9-18)25-17(2)12-13-23-25/h4-13H,14-15H2,1-3H3. The van der Waals surface area contributed by atoms with Crippen molar-refractivity contribution in [1.29, 1.82) is 0 Å². The molecular formula is C22H23N3O3. The molecule has 0 saturated carbocycles. The van der Waals surface area contributed by atoms with Crippen LogP contribution in [0.3, 0.4) is 0 Å². The van der Waals surface area contributed by atoms with Crippen LogP contribution in [0.5, 0.6) is 0 Å². The zero-order valence-electron chi connectivity index (χ0n) is 16.3. The first-order chi connectivity index (χ1) is 13.5. The largest absolute Gasteiger partial charge is 0.452 e. The second-order valence-electron chi connectivity index (χ2n) is 6.68. The van der Waals surface area contributed by atoms with Gasteiger partial charge < -0.3 is 9.64 Å². The van der Waals surface area contributed by atoms with Gasteiger partial charge in [-0.25, -0.2) is 9.48 Å². The monoisotopic (exact) mass is 377 g/mol. The highest BCUT2D eigenvalue weighted by atomic mass is 16.5. The number of nitrogens with zero attached hydrogens (tertiary/aromatic N) is 3. The highest BCUT2D eigenvalue weighted by molar-refractivity contribution is 5.91. The molecule has 0 aliphatic carbocycles. The summed E-state index contributed by atoms with van der Waals surface area (Å²) in [5, 5.41) is 4.23. The van der Waals surface area contributed by atoms with Gasteiger partial charge in [-0.2, -0.15) is 5.10 Å². The van der Waals surface area contributed by atoms with Crippen molar-refractivity contribution in [1.82, 2.24) is 14.7 Å². The Morgan fingerprint density at radius 3 is 2.39 bits per heavy atom. The summed E-state index contributed by atoms with van der Waals surface area (Å²) < 4.78 is 6.96. The number of carbonyl (C=O) groups excluding carboxylic acids is 2. The Balaban J connectivity index is 1.55. The summed E-state index contributed by atoms with van der Waals surface area (Å²) in [5.41, 5.74) is 4.43. The van der Waals surface area contributed by atoms with Gasteiger partial charge in [-0.15, -0.1) is 0 Å². The van der Waals surface area contributed by atoms with Gasteiger partial charge in [0.15, 0.2) is 6.61 Å². The predicted molar refractivity (Wildman–Crippen MR) is 106 cm³/mol. The smallest absolute Gasteiger partial charge is 0.338 e. The number of hydrogen-bond donors (Lipinski definition) is 0. The number of hydrogen-bond acceptors (Lipinski definition) is 4. The molecule has 3 rings (SSSR count). The second kappa shape index (κ2) is 8.52. The third-order valence-corrected chi connectivity index (χ3v) is 4.60. The fourth-order valence-corrected chi connectivity index (χ4v) is 2.83. The molecule has 6 heteroatoms. The second-order valence-corrected chi connectivity index (χ2v) is 6.68. The van der Waals surface area contributed by atoms with E-state index in [9.17, 15) is 9.59 Å². The van der Waals surface area contributed by atoms with Crippen molar-refractivity contribution in [3.63, 3.8) is 0 Å². The maximum absolute atomic E-state index is 12.3. The van der Waals surface area contributed by atoms with Crippen LogP contribution in [0, 0.1) is 13.8 Å². The predicted octanol–water partition coefficient (Wildman–Crippen LogP) is 3.30. The fourth-order valence-electron chi connectivity index (χ4n) is 2.83. The first-order valence-electron chi connectivity index (χ1n) is 9.02. The molecule has 3 aromatic rings. The van der Waals surface area contributed by atoms with E-state index in [4.69, 9.17) is 4.74 Å². The minimum Gasteiger partial charge on any atom is -0.452 e. The molecule has 0 radical (unpaired) electrons. The normalized spacial score (nSPS) is 10.5. The van der Waals surface area contributed by atoms with Gasteiger partial charge in [0.05, 0.1) is 11.3 Å². The highest BCUT2D eigenvalue weighted by Crippen LogP contribution is 2.13. The average Bonchev–Trinajstić information content (AvgIpc) is 3.13. The number of amides is 1. The van der Waals surface area contributed by atoms with E-state index >= 15 is 0 Å². The average molecular weight is 377 g/mol.